The molecular formula is C46H52FN9O7S. The number of likely N-dealkylation sites (tertiary alicyclic amines) is 1. The molecule has 3 aliphatic heterocycles. The molecule has 1 atom stereocenters. The summed E-state index contributed by atoms with van der Waals surface area (Å²) in [6, 6.07) is 18.6. The molecule has 9 rings (SSSR count). The number of benzene rings is 3. The van der Waals surface area contributed by atoms with Gasteiger partial charge < -0.3 is 30.2 Å². The van der Waals surface area contributed by atoms with Crippen molar-refractivity contribution in [1.82, 2.24) is 29.8 Å². The van der Waals surface area contributed by atoms with Crippen molar-refractivity contribution < 1.29 is 32.1 Å². The van der Waals surface area contributed by atoms with Crippen molar-refractivity contribution >= 4 is 50.1 Å². The van der Waals surface area contributed by atoms with Crippen LogP contribution in [0.4, 0.5) is 26.2 Å². The molecule has 3 saturated heterocycles. The highest BCUT2D eigenvalue weighted by Crippen LogP contribution is 2.54. The second kappa shape index (κ2) is 17.4. The van der Waals surface area contributed by atoms with Crippen molar-refractivity contribution in [3.8, 4) is 11.5 Å². The van der Waals surface area contributed by atoms with Gasteiger partial charge in [-0.25, -0.2) is 27.3 Å². The van der Waals surface area contributed by atoms with Crippen LogP contribution in [0.2, 0.25) is 0 Å². The monoisotopic (exact) mass is 893 g/mol. The van der Waals surface area contributed by atoms with E-state index in [0.29, 0.717) is 49.8 Å². The predicted molar refractivity (Wildman–Crippen MR) is 240 cm³/mol. The van der Waals surface area contributed by atoms with Crippen LogP contribution in [0.1, 0.15) is 85.8 Å². The molecule has 3 aromatic carbocycles. The van der Waals surface area contributed by atoms with E-state index >= 15 is 4.39 Å². The number of hydrogen-bond acceptors (Lipinski definition) is 11. The van der Waals surface area contributed by atoms with Gasteiger partial charge in [0, 0.05) is 75.1 Å². The number of aromatic amines is 1. The maximum Gasteiger partial charge on any atom is 0.317 e. The number of carbonyl (C=O) groups is 2. The smallest absolute Gasteiger partial charge is 0.317 e. The Morgan fingerprint density at radius 1 is 1.06 bits per heavy atom. The van der Waals surface area contributed by atoms with Gasteiger partial charge in [-0.05, 0) is 97.9 Å². The Hall–Kier alpha value is -6.27. The summed E-state index contributed by atoms with van der Waals surface area (Å²) in [5, 5.41) is 18.3. The van der Waals surface area contributed by atoms with E-state index in [-0.39, 0.29) is 47.4 Å². The fourth-order valence-corrected chi connectivity index (χ4v) is 11.1. The minimum Gasteiger partial charge on any atom is -0.455 e. The average Bonchev–Trinajstić information content (AvgIpc) is 4.05. The number of carbonyl (C=O) groups excluding carboxylic acids is 2. The molecule has 16 nitrogen and oxygen atoms in total. The molecule has 3 amide bonds. The molecule has 1 saturated carbocycles. The first-order valence-electron chi connectivity index (χ1n) is 21.9. The number of H-pyrrole nitrogens is 1. The Kier molecular flexibility index (Phi) is 11.7. The summed E-state index contributed by atoms with van der Waals surface area (Å²) >= 11 is 0. The third kappa shape index (κ3) is 8.55. The highest BCUT2D eigenvalue weighted by molar-refractivity contribution is 7.90. The van der Waals surface area contributed by atoms with Gasteiger partial charge in [-0.15, -0.1) is 0 Å². The zero-order valence-corrected chi connectivity index (χ0v) is 36.6. The molecule has 2 aromatic heterocycles. The van der Waals surface area contributed by atoms with Gasteiger partial charge in [0.1, 0.15) is 28.7 Å². The number of nitrogens with one attached hydrogen (secondary N) is 4. The van der Waals surface area contributed by atoms with Crippen LogP contribution in [0.15, 0.2) is 84.0 Å². The van der Waals surface area contributed by atoms with Crippen LogP contribution in [0.5, 0.6) is 11.5 Å². The van der Waals surface area contributed by atoms with Gasteiger partial charge in [0.2, 0.25) is 0 Å². The normalized spacial score (nSPS) is 19.0. The average molecular weight is 894 g/mol. The predicted octanol–water partition coefficient (Wildman–Crippen LogP) is 7.67. The number of nitro groups is 1. The van der Waals surface area contributed by atoms with Crippen LogP contribution >= 0.6 is 0 Å². The lowest BCUT2D eigenvalue weighted by molar-refractivity contribution is -0.384. The fourth-order valence-electron chi connectivity index (χ4n) is 10.1. The minimum atomic E-state index is -4.72. The van der Waals surface area contributed by atoms with E-state index in [4.69, 9.17) is 4.74 Å². The molecule has 4 N–H and O–H groups in total. The standard InChI is InChI=1S/C46H52FN9O7S/c1-29(2)34-6-3-4-7-35(34)39-8-5-17-55(39)31-26-46(27-31)12-18-53(19-13-46)40-25-42(63-32-22-30-11-14-49-43(30)51-28-32)36(24-37(40)47)44(57)52-64(61,62)33-9-10-38(41(23-33)56(59)60)48-15-20-54-21-16-50-45(54)58/h3-4,6-7,9-11,14,22-25,28-29,31,39,48H,5,8,12-13,15-21,26-27H2,1-2H3,(H,49,51)(H,50,58)(H,52,57). The van der Waals surface area contributed by atoms with Crippen molar-refractivity contribution in [3.05, 3.63) is 112 Å². The van der Waals surface area contributed by atoms with Gasteiger partial charge in [-0.3, -0.25) is 19.8 Å². The van der Waals surface area contributed by atoms with Gasteiger partial charge >= 0.3 is 6.03 Å². The number of sulfonamides is 1. The molecule has 1 aliphatic carbocycles. The summed E-state index contributed by atoms with van der Waals surface area (Å²) in [6.07, 6.45) is 9.46. The number of fused-ring (bicyclic) bond motifs is 1. The van der Waals surface area contributed by atoms with Crippen LogP contribution in [-0.2, 0) is 10.0 Å². The summed E-state index contributed by atoms with van der Waals surface area (Å²) in [5.41, 5.74) is 2.95. The van der Waals surface area contributed by atoms with E-state index in [9.17, 15) is 28.1 Å². The molecule has 4 fully saturated rings. The third-order valence-corrected chi connectivity index (χ3v) is 14.8. The minimum absolute atomic E-state index is 0.0282. The number of ether oxygens (including phenoxy) is 1. The number of piperidine rings is 1. The lowest BCUT2D eigenvalue weighted by Gasteiger charge is -2.56. The molecule has 0 bridgehead atoms. The lowest BCUT2D eigenvalue weighted by atomic mass is 9.59. The number of halogens is 1. The molecule has 18 heteroatoms. The Morgan fingerprint density at radius 3 is 2.61 bits per heavy atom. The van der Waals surface area contributed by atoms with Gasteiger partial charge in [0.15, 0.2) is 0 Å². The number of anilines is 2. The van der Waals surface area contributed by atoms with E-state index < -0.39 is 42.8 Å². The van der Waals surface area contributed by atoms with Crippen molar-refractivity contribution in [2.45, 2.75) is 75.3 Å². The SMILES string of the molecule is CC(C)c1ccccc1C1CCCN1C1CC2(CCN(c3cc(Oc4cnc5[nH]ccc5c4)c(C(=O)NS(=O)(=O)c4ccc(NCCN5CCNC5=O)c([N+](=O)[O-])c4)cc3F)CC2)C1. The van der Waals surface area contributed by atoms with Crippen LogP contribution in [-0.4, -0.2) is 96.9 Å². The Morgan fingerprint density at radius 2 is 1.86 bits per heavy atom. The third-order valence-electron chi connectivity index (χ3n) is 13.5. The Bertz CT molecular complexity index is 2710. The first-order chi connectivity index (χ1) is 30.8. The quantitative estimate of drug-likeness (QED) is 0.0631. The highest BCUT2D eigenvalue weighted by Gasteiger charge is 2.50. The van der Waals surface area contributed by atoms with Crippen molar-refractivity contribution in [1.29, 1.82) is 0 Å². The van der Waals surface area contributed by atoms with Gasteiger partial charge in [0.25, 0.3) is 21.6 Å². The second-order valence-corrected chi connectivity index (χ2v) is 19.4. The maximum absolute atomic E-state index is 16.3. The number of pyridine rings is 1. The van der Waals surface area contributed by atoms with Crippen molar-refractivity contribution in [3.63, 3.8) is 0 Å². The van der Waals surface area contributed by atoms with E-state index in [1.54, 1.807) is 23.2 Å². The topological polar surface area (TPSA) is 195 Å². The molecular weight excluding hydrogens is 842 g/mol. The number of urea groups is 1. The summed E-state index contributed by atoms with van der Waals surface area (Å²) in [7, 11) is -4.72. The van der Waals surface area contributed by atoms with E-state index in [0.717, 1.165) is 62.2 Å². The highest BCUT2D eigenvalue weighted by atomic mass is 32.2. The molecule has 4 aliphatic rings. The maximum atomic E-state index is 16.3. The van der Waals surface area contributed by atoms with Gasteiger partial charge in [-0.2, -0.15) is 0 Å². The van der Waals surface area contributed by atoms with Crippen LogP contribution < -0.4 is 25.0 Å². The number of nitrogens with zero attached hydrogens (tertiary/aromatic N) is 5. The summed E-state index contributed by atoms with van der Waals surface area (Å²) in [4.78, 5) is 50.1. The Labute approximate surface area is 370 Å². The number of hydrogen-bond donors (Lipinski definition) is 4. The zero-order valence-electron chi connectivity index (χ0n) is 35.8. The van der Waals surface area contributed by atoms with Crippen molar-refractivity contribution in [2.24, 2.45) is 5.41 Å². The summed E-state index contributed by atoms with van der Waals surface area (Å²) in [5.74, 6) is -1.32. The first kappa shape index (κ1) is 43.0. The molecule has 5 heterocycles. The molecule has 5 aromatic rings. The number of nitro benzene ring substituents is 1. The van der Waals surface area contributed by atoms with Crippen LogP contribution in [0.3, 0.4) is 0 Å². The molecule has 0 radical (unpaired) electrons. The van der Waals surface area contributed by atoms with Crippen LogP contribution in [0, 0.1) is 21.3 Å². The summed E-state index contributed by atoms with van der Waals surface area (Å²) < 4.78 is 51.8. The number of aromatic nitrogens is 2. The lowest BCUT2D eigenvalue weighted by Crippen LogP contribution is -2.55. The largest absolute Gasteiger partial charge is 0.455 e. The van der Waals surface area contributed by atoms with Gasteiger partial charge in [0.05, 0.1) is 27.3 Å². The first-order valence-corrected chi connectivity index (χ1v) is 23.4. The molecule has 64 heavy (non-hydrogen) atoms. The van der Waals surface area contributed by atoms with Gasteiger partial charge in [-0.1, -0.05) is 38.1 Å². The van der Waals surface area contributed by atoms with Crippen LogP contribution in [0.25, 0.3) is 11.0 Å². The summed E-state index contributed by atoms with van der Waals surface area (Å²) in [6.45, 7) is 8.22. The number of rotatable bonds is 14. The van der Waals surface area contributed by atoms with E-state index in [1.165, 1.54) is 35.9 Å². The van der Waals surface area contributed by atoms with E-state index in [2.05, 4.69) is 63.6 Å². The Balaban J connectivity index is 0.915. The molecule has 1 unspecified atom stereocenters. The second-order valence-electron chi connectivity index (χ2n) is 17.7. The van der Waals surface area contributed by atoms with Crippen molar-refractivity contribution in [2.75, 3.05) is 56.0 Å². The fraction of sp³-hybridized carbons (Fsp3) is 0.413. The zero-order chi connectivity index (χ0) is 44.8. The van der Waals surface area contributed by atoms with E-state index in [1.807, 2.05) is 9.62 Å². The number of amides is 3. The molecule has 1 spiro atoms. The molecule has 336 valence electrons.